The van der Waals surface area contributed by atoms with Crippen LogP contribution in [0.1, 0.15) is 31.7 Å². The van der Waals surface area contributed by atoms with Crippen LogP contribution in [0.4, 0.5) is 11.4 Å². The Morgan fingerprint density at radius 1 is 0.895 bits per heavy atom. The number of ether oxygens (including phenoxy) is 2. The standard InChI is InChI=1S/C30H38N4O4/c1-21(35)32-13-11-23(12-14-32)29(36)28(25-10-9-22-5-2-3-6-24(22)31-25)34-17-15-33(16-18-34)26-7-4-8-27-30(26)38-20-19-37-27/h2-8,23,25,28,31H,9-20H2,1H3. The van der Waals surface area contributed by atoms with Gasteiger partial charge in [0.15, 0.2) is 17.3 Å². The van der Waals surface area contributed by atoms with Gasteiger partial charge in [-0.05, 0) is 49.4 Å². The normalized spacial score (nSPS) is 22.8. The second kappa shape index (κ2) is 10.8. The second-order valence-corrected chi connectivity index (χ2v) is 10.9. The number of fused-ring (bicyclic) bond motifs is 2. The van der Waals surface area contributed by atoms with Gasteiger partial charge in [0, 0.05) is 63.8 Å². The van der Waals surface area contributed by atoms with Crippen LogP contribution in [0.5, 0.6) is 11.5 Å². The number of nitrogens with one attached hydrogen (secondary N) is 1. The van der Waals surface area contributed by atoms with Crippen LogP contribution in [0.3, 0.4) is 0 Å². The highest BCUT2D eigenvalue weighted by Gasteiger charge is 2.41. The number of carbonyl (C=O) groups excluding carboxylic acids is 2. The Kier molecular flexibility index (Phi) is 7.15. The molecule has 2 atom stereocenters. The number of ketones is 1. The first kappa shape index (κ1) is 25.0. The lowest BCUT2D eigenvalue weighted by atomic mass is 9.82. The van der Waals surface area contributed by atoms with Crippen LogP contribution in [0.25, 0.3) is 0 Å². The molecule has 4 heterocycles. The molecule has 202 valence electrons. The zero-order valence-corrected chi connectivity index (χ0v) is 22.2. The van der Waals surface area contributed by atoms with Crippen LogP contribution in [-0.2, 0) is 16.0 Å². The summed E-state index contributed by atoms with van der Waals surface area (Å²) < 4.78 is 11.8. The summed E-state index contributed by atoms with van der Waals surface area (Å²) in [7, 11) is 0. The Bertz CT molecular complexity index is 1170. The van der Waals surface area contributed by atoms with Gasteiger partial charge in [0.2, 0.25) is 5.91 Å². The van der Waals surface area contributed by atoms with Crippen LogP contribution < -0.4 is 19.7 Å². The number of para-hydroxylation sites is 2. The summed E-state index contributed by atoms with van der Waals surface area (Å²) in [5, 5.41) is 3.75. The maximum atomic E-state index is 14.2. The summed E-state index contributed by atoms with van der Waals surface area (Å²) in [5.74, 6) is 2.09. The minimum Gasteiger partial charge on any atom is -0.486 e. The van der Waals surface area contributed by atoms with E-state index < -0.39 is 0 Å². The summed E-state index contributed by atoms with van der Waals surface area (Å²) in [6.07, 6.45) is 3.43. The molecule has 1 N–H and O–H groups in total. The van der Waals surface area contributed by atoms with Crippen LogP contribution in [-0.4, -0.2) is 86.1 Å². The van der Waals surface area contributed by atoms with Crippen molar-refractivity contribution in [2.45, 2.75) is 44.7 Å². The van der Waals surface area contributed by atoms with E-state index in [1.54, 1.807) is 6.92 Å². The van der Waals surface area contributed by atoms with E-state index in [1.807, 2.05) is 17.0 Å². The first-order valence-corrected chi connectivity index (χ1v) is 14.1. The van der Waals surface area contributed by atoms with E-state index in [4.69, 9.17) is 9.47 Å². The molecule has 0 saturated carbocycles. The molecule has 2 fully saturated rings. The number of anilines is 2. The van der Waals surface area contributed by atoms with E-state index in [2.05, 4.69) is 45.4 Å². The fourth-order valence-electron chi connectivity index (χ4n) is 6.60. The molecule has 0 aliphatic carbocycles. The third-order valence-corrected chi connectivity index (χ3v) is 8.69. The lowest BCUT2D eigenvalue weighted by Gasteiger charge is -2.45. The van der Waals surface area contributed by atoms with E-state index >= 15 is 0 Å². The van der Waals surface area contributed by atoms with Gasteiger partial charge in [-0.1, -0.05) is 24.3 Å². The van der Waals surface area contributed by atoms with E-state index in [9.17, 15) is 9.59 Å². The van der Waals surface area contributed by atoms with Gasteiger partial charge in [-0.3, -0.25) is 14.5 Å². The third kappa shape index (κ3) is 4.94. The molecule has 2 aromatic rings. The molecule has 2 saturated heterocycles. The molecular formula is C30H38N4O4. The molecule has 8 nitrogen and oxygen atoms in total. The quantitative estimate of drug-likeness (QED) is 0.652. The minimum absolute atomic E-state index is 0.000656. The molecular weight excluding hydrogens is 480 g/mol. The van der Waals surface area contributed by atoms with Gasteiger partial charge in [-0.25, -0.2) is 0 Å². The number of nitrogens with zero attached hydrogens (tertiary/aromatic N) is 3. The van der Waals surface area contributed by atoms with Crippen molar-refractivity contribution in [3.8, 4) is 11.5 Å². The Morgan fingerprint density at radius 2 is 1.66 bits per heavy atom. The van der Waals surface area contributed by atoms with E-state index in [-0.39, 0.29) is 23.9 Å². The van der Waals surface area contributed by atoms with Crippen molar-refractivity contribution < 1.29 is 19.1 Å². The third-order valence-electron chi connectivity index (χ3n) is 8.69. The second-order valence-electron chi connectivity index (χ2n) is 10.9. The molecule has 8 heteroatoms. The number of Topliss-reactive ketones (excluding diaryl/α,β-unsaturated/α-hetero) is 1. The number of aryl methyl sites for hydroxylation is 1. The maximum Gasteiger partial charge on any atom is 0.219 e. The van der Waals surface area contributed by atoms with Crippen LogP contribution in [0, 0.1) is 5.92 Å². The van der Waals surface area contributed by atoms with Crippen molar-refractivity contribution in [2.75, 3.05) is 62.7 Å². The van der Waals surface area contributed by atoms with Crippen molar-refractivity contribution in [3.63, 3.8) is 0 Å². The Balaban J connectivity index is 1.20. The molecule has 0 radical (unpaired) electrons. The van der Waals surface area contributed by atoms with Crippen molar-refractivity contribution >= 4 is 23.1 Å². The lowest BCUT2D eigenvalue weighted by Crippen LogP contribution is -2.60. The molecule has 0 aromatic heterocycles. The van der Waals surface area contributed by atoms with E-state index in [0.717, 1.165) is 74.7 Å². The molecule has 38 heavy (non-hydrogen) atoms. The summed E-state index contributed by atoms with van der Waals surface area (Å²) in [5.41, 5.74) is 3.55. The predicted molar refractivity (Wildman–Crippen MR) is 147 cm³/mol. The molecule has 4 aliphatic rings. The number of amides is 1. The van der Waals surface area contributed by atoms with Crippen molar-refractivity contribution in [3.05, 3.63) is 48.0 Å². The largest absolute Gasteiger partial charge is 0.486 e. The van der Waals surface area contributed by atoms with Crippen molar-refractivity contribution in [2.24, 2.45) is 5.92 Å². The number of rotatable bonds is 5. The average molecular weight is 519 g/mol. The van der Waals surface area contributed by atoms with Gasteiger partial charge < -0.3 is 24.6 Å². The fraction of sp³-hybridized carbons (Fsp3) is 0.533. The molecule has 1 amide bonds. The zero-order valence-electron chi connectivity index (χ0n) is 22.2. The summed E-state index contributed by atoms with van der Waals surface area (Å²) >= 11 is 0. The Morgan fingerprint density at radius 3 is 2.45 bits per heavy atom. The molecule has 2 unspecified atom stereocenters. The summed E-state index contributed by atoms with van der Waals surface area (Å²) in [6.45, 7) is 7.40. The molecule has 0 spiro atoms. The minimum atomic E-state index is -0.177. The van der Waals surface area contributed by atoms with Gasteiger partial charge in [-0.2, -0.15) is 0 Å². The van der Waals surface area contributed by atoms with E-state index in [0.29, 0.717) is 32.1 Å². The molecule has 6 rings (SSSR count). The molecule has 4 aliphatic heterocycles. The number of hydrogen-bond donors (Lipinski definition) is 1. The van der Waals surface area contributed by atoms with E-state index in [1.165, 1.54) is 5.56 Å². The smallest absolute Gasteiger partial charge is 0.219 e. The Hall–Kier alpha value is -3.26. The topological polar surface area (TPSA) is 74.4 Å². The number of likely N-dealkylation sites (tertiary alicyclic amines) is 1. The average Bonchev–Trinajstić information content (AvgIpc) is 2.97. The highest BCUT2D eigenvalue weighted by atomic mass is 16.6. The SMILES string of the molecule is CC(=O)N1CCC(C(=O)C(C2CCc3ccccc3N2)N2CCN(c3cccc4c3OCCO4)CC2)CC1. The number of piperidine rings is 1. The monoisotopic (exact) mass is 518 g/mol. The van der Waals surface area contributed by atoms with Crippen molar-refractivity contribution in [1.29, 1.82) is 0 Å². The van der Waals surface area contributed by atoms with Gasteiger partial charge in [0.25, 0.3) is 0 Å². The van der Waals surface area contributed by atoms with Crippen LogP contribution in [0.2, 0.25) is 0 Å². The van der Waals surface area contributed by atoms with Gasteiger partial charge in [-0.15, -0.1) is 0 Å². The Labute approximate surface area is 224 Å². The number of benzene rings is 2. The number of carbonyl (C=O) groups is 2. The predicted octanol–water partition coefficient (Wildman–Crippen LogP) is 3.20. The first-order valence-electron chi connectivity index (χ1n) is 14.1. The molecule has 0 bridgehead atoms. The highest BCUT2D eigenvalue weighted by Crippen LogP contribution is 2.40. The lowest BCUT2D eigenvalue weighted by molar-refractivity contribution is -0.135. The van der Waals surface area contributed by atoms with Gasteiger partial charge in [0.05, 0.1) is 11.7 Å². The molecule has 2 aromatic carbocycles. The first-order chi connectivity index (χ1) is 18.6. The summed E-state index contributed by atoms with van der Waals surface area (Å²) in [4.78, 5) is 32.7. The highest BCUT2D eigenvalue weighted by molar-refractivity contribution is 5.88. The van der Waals surface area contributed by atoms with Crippen LogP contribution in [0.15, 0.2) is 42.5 Å². The van der Waals surface area contributed by atoms with Gasteiger partial charge >= 0.3 is 0 Å². The van der Waals surface area contributed by atoms with Crippen molar-refractivity contribution in [1.82, 2.24) is 9.80 Å². The summed E-state index contributed by atoms with van der Waals surface area (Å²) in [6, 6.07) is 14.5. The van der Waals surface area contributed by atoms with Crippen LogP contribution >= 0.6 is 0 Å². The number of hydrogen-bond acceptors (Lipinski definition) is 7. The van der Waals surface area contributed by atoms with Gasteiger partial charge in [0.1, 0.15) is 13.2 Å². The fourth-order valence-corrected chi connectivity index (χ4v) is 6.60. The maximum absolute atomic E-state index is 14.2. The zero-order chi connectivity index (χ0) is 26.1. The number of piperazine rings is 1.